The van der Waals surface area contributed by atoms with Crippen LogP contribution in [0.2, 0.25) is 5.02 Å². The van der Waals surface area contributed by atoms with E-state index in [2.05, 4.69) is 20.9 Å². The van der Waals surface area contributed by atoms with Crippen LogP contribution in [0, 0.1) is 11.3 Å². The summed E-state index contributed by atoms with van der Waals surface area (Å²) in [6.45, 7) is 0. The monoisotopic (exact) mass is 434 g/mol. The second kappa shape index (κ2) is 7.04. The van der Waals surface area contributed by atoms with Gasteiger partial charge in [0.25, 0.3) is 0 Å². The topological polar surface area (TPSA) is 73.7 Å². The zero-order valence-electron chi connectivity index (χ0n) is 12.8. The molecule has 1 N–H and O–H groups in total. The molecule has 0 spiro atoms. The predicted octanol–water partition coefficient (Wildman–Crippen LogP) is 5.06. The van der Waals surface area contributed by atoms with Crippen LogP contribution in [0.15, 0.2) is 58.0 Å². The molecule has 3 rings (SSSR count). The van der Waals surface area contributed by atoms with E-state index in [-0.39, 0.29) is 10.7 Å². The molecule has 1 heterocycles. The Balaban J connectivity index is 2.00. The van der Waals surface area contributed by atoms with Gasteiger partial charge in [0.15, 0.2) is 9.84 Å². The third-order valence-electron chi connectivity index (χ3n) is 3.68. The fourth-order valence-electron chi connectivity index (χ4n) is 2.44. The molecule has 0 aliphatic rings. The van der Waals surface area contributed by atoms with Gasteiger partial charge >= 0.3 is 0 Å². The Kier molecular flexibility index (Phi) is 5.00. The average molecular weight is 436 g/mol. The summed E-state index contributed by atoms with van der Waals surface area (Å²) in [7, 11) is -3.76. The van der Waals surface area contributed by atoms with E-state index in [9.17, 15) is 13.7 Å². The van der Waals surface area contributed by atoms with Gasteiger partial charge in [0.1, 0.15) is 11.0 Å². The Morgan fingerprint density at radius 2 is 1.96 bits per heavy atom. The summed E-state index contributed by atoms with van der Waals surface area (Å²) in [6, 6.07) is 14.0. The summed E-state index contributed by atoms with van der Waals surface area (Å²) in [5.74, 6) is -0.254. The van der Waals surface area contributed by atoms with Gasteiger partial charge in [0.05, 0.1) is 5.75 Å². The van der Waals surface area contributed by atoms with E-state index in [1.54, 1.807) is 30.5 Å². The first-order chi connectivity index (χ1) is 11.9. The number of fused-ring (bicyclic) bond motifs is 1. The van der Waals surface area contributed by atoms with Crippen molar-refractivity contribution in [2.24, 2.45) is 0 Å². The van der Waals surface area contributed by atoms with Gasteiger partial charge in [-0.15, -0.1) is 0 Å². The molecule has 2 aromatic carbocycles. The molecule has 0 aliphatic heterocycles. The van der Waals surface area contributed by atoms with Gasteiger partial charge in [0, 0.05) is 32.2 Å². The lowest BCUT2D eigenvalue weighted by atomic mass is 10.1. The van der Waals surface area contributed by atoms with E-state index in [1.165, 1.54) is 6.08 Å². The fourth-order valence-corrected chi connectivity index (χ4v) is 4.16. The fraction of sp³-hybridized carbons (Fsp3) is 0.0556. The van der Waals surface area contributed by atoms with Crippen LogP contribution < -0.4 is 0 Å². The van der Waals surface area contributed by atoms with Crippen LogP contribution in [0.4, 0.5) is 0 Å². The molecule has 1 aromatic heterocycles. The summed E-state index contributed by atoms with van der Waals surface area (Å²) in [6.07, 6.45) is 3.09. The number of hydrogen-bond acceptors (Lipinski definition) is 3. The number of hydrogen-bond donors (Lipinski definition) is 1. The van der Waals surface area contributed by atoms with Crippen molar-refractivity contribution in [3.63, 3.8) is 0 Å². The lowest BCUT2D eigenvalue weighted by Gasteiger charge is -2.04. The highest BCUT2D eigenvalue weighted by Crippen LogP contribution is 2.26. The number of nitrogens with zero attached hydrogens (tertiary/aromatic N) is 1. The molecule has 0 aliphatic carbocycles. The standard InChI is InChI=1S/C18H12BrClN2O2S/c19-14-3-6-18-17(8-14)13(10-22-18)7-16(9-21)25(23,24)11-12-1-4-15(20)5-2-12/h1-8,10,22H,11H2/b16-7+. The van der Waals surface area contributed by atoms with Crippen LogP contribution in [-0.4, -0.2) is 13.4 Å². The molecular weight excluding hydrogens is 424 g/mol. The molecule has 0 amide bonds. The van der Waals surface area contributed by atoms with Gasteiger partial charge in [-0.05, 0) is 42.0 Å². The van der Waals surface area contributed by atoms with Gasteiger partial charge in [-0.25, -0.2) is 8.42 Å². The average Bonchev–Trinajstić information content (AvgIpc) is 2.96. The van der Waals surface area contributed by atoms with Gasteiger partial charge < -0.3 is 4.98 Å². The van der Waals surface area contributed by atoms with Gasteiger partial charge in [0.2, 0.25) is 0 Å². The quantitative estimate of drug-likeness (QED) is 0.582. The Labute approximate surface area is 158 Å². The van der Waals surface area contributed by atoms with E-state index in [1.807, 2.05) is 24.3 Å². The van der Waals surface area contributed by atoms with E-state index < -0.39 is 9.84 Å². The molecule has 4 nitrogen and oxygen atoms in total. The largest absolute Gasteiger partial charge is 0.361 e. The third-order valence-corrected chi connectivity index (χ3v) is 6.02. The maximum atomic E-state index is 12.6. The molecule has 0 saturated heterocycles. The molecule has 0 saturated carbocycles. The number of H-pyrrole nitrogens is 1. The number of aromatic amines is 1. The number of nitriles is 1. The molecule has 7 heteroatoms. The molecule has 0 unspecified atom stereocenters. The second-order valence-electron chi connectivity index (χ2n) is 5.44. The summed E-state index contributed by atoms with van der Waals surface area (Å²) in [5.41, 5.74) is 2.08. The minimum absolute atomic E-state index is 0.254. The van der Waals surface area contributed by atoms with Crippen LogP contribution in [0.5, 0.6) is 0 Å². The van der Waals surface area contributed by atoms with Crippen LogP contribution in [0.25, 0.3) is 17.0 Å². The van der Waals surface area contributed by atoms with E-state index in [0.29, 0.717) is 16.1 Å². The van der Waals surface area contributed by atoms with Gasteiger partial charge in [-0.3, -0.25) is 0 Å². The highest BCUT2D eigenvalue weighted by atomic mass is 79.9. The van der Waals surface area contributed by atoms with E-state index >= 15 is 0 Å². The van der Waals surface area contributed by atoms with Crippen molar-refractivity contribution < 1.29 is 8.42 Å². The number of sulfone groups is 1. The van der Waals surface area contributed by atoms with E-state index in [4.69, 9.17) is 11.6 Å². The zero-order chi connectivity index (χ0) is 18.0. The SMILES string of the molecule is N#C/C(=C\c1c[nH]c2ccc(Br)cc12)S(=O)(=O)Cc1ccc(Cl)cc1. The number of halogens is 2. The Morgan fingerprint density at radius 1 is 1.24 bits per heavy atom. The second-order valence-corrected chi connectivity index (χ2v) is 8.75. The molecule has 25 heavy (non-hydrogen) atoms. The van der Waals surface area contributed by atoms with Gasteiger partial charge in [-0.1, -0.05) is 39.7 Å². The summed E-state index contributed by atoms with van der Waals surface area (Å²) in [4.78, 5) is 2.79. The molecule has 0 radical (unpaired) electrons. The first-order valence-electron chi connectivity index (χ1n) is 7.25. The van der Waals surface area contributed by atoms with Crippen LogP contribution in [-0.2, 0) is 15.6 Å². The number of aromatic nitrogens is 1. The molecule has 126 valence electrons. The van der Waals surface area contributed by atoms with Crippen molar-refractivity contribution in [3.05, 3.63) is 74.2 Å². The summed E-state index contributed by atoms with van der Waals surface area (Å²) >= 11 is 9.21. The first-order valence-corrected chi connectivity index (χ1v) is 10.1. The molecule has 0 atom stereocenters. The normalized spacial score (nSPS) is 12.3. The summed E-state index contributed by atoms with van der Waals surface area (Å²) in [5, 5.41) is 10.7. The Hall–Kier alpha value is -2.07. The number of allylic oxidation sites excluding steroid dienone is 1. The van der Waals surface area contributed by atoms with Crippen LogP contribution in [0.1, 0.15) is 11.1 Å². The number of benzene rings is 2. The van der Waals surface area contributed by atoms with Gasteiger partial charge in [-0.2, -0.15) is 5.26 Å². The number of rotatable bonds is 4. The van der Waals surface area contributed by atoms with Crippen molar-refractivity contribution in [2.45, 2.75) is 5.75 Å². The zero-order valence-corrected chi connectivity index (χ0v) is 16.0. The van der Waals surface area contributed by atoms with Crippen molar-refractivity contribution in [1.82, 2.24) is 4.98 Å². The van der Waals surface area contributed by atoms with Crippen molar-refractivity contribution in [1.29, 1.82) is 5.26 Å². The molecule has 3 aromatic rings. The highest BCUT2D eigenvalue weighted by molar-refractivity contribution is 9.10. The Bertz CT molecular complexity index is 1110. The van der Waals surface area contributed by atoms with Crippen molar-refractivity contribution in [3.8, 4) is 6.07 Å². The van der Waals surface area contributed by atoms with Crippen molar-refractivity contribution >= 4 is 54.3 Å². The minimum Gasteiger partial charge on any atom is -0.361 e. The number of nitrogens with one attached hydrogen (secondary N) is 1. The minimum atomic E-state index is -3.76. The van der Waals surface area contributed by atoms with Crippen LogP contribution >= 0.6 is 27.5 Å². The van der Waals surface area contributed by atoms with E-state index in [0.717, 1.165) is 15.4 Å². The Morgan fingerprint density at radius 3 is 2.64 bits per heavy atom. The first kappa shape index (κ1) is 17.7. The third kappa shape index (κ3) is 3.96. The maximum absolute atomic E-state index is 12.6. The molecular formula is C18H12BrClN2O2S. The molecule has 0 bridgehead atoms. The lowest BCUT2D eigenvalue weighted by molar-refractivity contribution is 0.602. The summed E-state index contributed by atoms with van der Waals surface area (Å²) < 4.78 is 26.1. The highest BCUT2D eigenvalue weighted by Gasteiger charge is 2.19. The lowest BCUT2D eigenvalue weighted by Crippen LogP contribution is -2.06. The van der Waals surface area contributed by atoms with Crippen molar-refractivity contribution in [2.75, 3.05) is 0 Å². The predicted molar refractivity (Wildman–Crippen MR) is 104 cm³/mol. The van der Waals surface area contributed by atoms with Crippen LogP contribution in [0.3, 0.4) is 0 Å². The smallest absolute Gasteiger partial charge is 0.192 e. The molecule has 0 fully saturated rings. The maximum Gasteiger partial charge on any atom is 0.192 e.